The van der Waals surface area contributed by atoms with E-state index >= 15 is 0 Å². The van der Waals surface area contributed by atoms with Crippen LogP contribution in [0, 0.1) is 0 Å². The van der Waals surface area contributed by atoms with Crippen LogP contribution in [0.4, 0.5) is 0 Å². The molecule has 0 spiro atoms. The minimum Gasteiger partial charge on any atom is -0.493 e. The van der Waals surface area contributed by atoms with Gasteiger partial charge in [0.1, 0.15) is 0 Å². The van der Waals surface area contributed by atoms with Crippen molar-refractivity contribution in [2.45, 2.75) is 6.42 Å². The van der Waals surface area contributed by atoms with Crippen molar-refractivity contribution >= 4 is 5.91 Å². The zero-order valence-electron chi connectivity index (χ0n) is 16.9. The van der Waals surface area contributed by atoms with Crippen LogP contribution in [0.2, 0.25) is 0 Å². The summed E-state index contributed by atoms with van der Waals surface area (Å²) in [5.74, 6) is 0.550. The van der Waals surface area contributed by atoms with Gasteiger partial charge in [0, 0.05) is 13.6 Å². The number of benzene rings is 2. The molecule has 1 heterocycles. The van der Waals surface area contributed by atoms with E-state index in [1.54, 1.807) is 50.6 Å². The van der Waals surface area contributed by atoms with Gasteiger partial charge in [0.05, 0.1) is 19.9 Å². The second-order valence-corrected chi connectivity index (χ2v) is 6.44. The summed E-state index contributed by atoms with van der Waals surface area (Å²) in [7, 11) is 4.42. The number of hydrogen-bond donors (Lipinski definition) is 1. The lowest BCUT2D eigenvalue weighted by molar-refractivity contribution is 0.0944. The lowest BCUT2D eigenvalue weighted by Gasteiger charge is -2.11. The Morgan fingerprint density at radius 2 is 1.73 bits per heavy atom. The maximum Gasteiger partial charge on any atom is 0.351 e. The summed E-state index contributed by atoms with van der Waals surface area (Å²) in [5, 5.41) is 6.68. The third kappa shape index (κ3) is 4.24. The molecule has 30 heavy (non-hydrogen) atoms. The summed E-state index contributed by atoms with van der Waals surface area (Å²) < 4.78 is 12.4. The van der Waals surface area contributed by atoms with Crippen molar-refractivity contribution in [3.05, 3.63) is 80.6 Å². The molecule has 156 valence electrons. The number of methoxy groups -OCH3 is 2. The number of aromatic nitrogens is 3. The van der Waals surface area contributed by atoms with Crippen molar-refractivity contribution in [1.82, 2.24) is 19.7 Å². The lowest BCUT2D eigenvalue weighted by atomic mass is 10.1. The summed E-state index contributed by atoms with van der Waals surface area (Å²) >= 11 is 0. The zero-order chi connectivity index (χ0) is 21.7. The average Bonchev–Trinajstić information content (AvgIpc) is 2.78. The third-order valence-electron chi connectivity index (χ3n) is 4.54. The van der Waals surface area contributed by atoms with Crippen molar-refractivity contribution in [2.24, 2.45) is 7.05 Å². The van der Waals surface area contributed by atoms with E-state index in [0.29, 0.717) is 23.6 Å². The fourth-order valence-electron chi connectivity index (χ4n) is 2.89. The highest BCUT2D eigenvalue weighted by atomic mass is 16.5. The predicted molar refractivity (Wildman–Crippen MR) is 111 cm³/mol. The molecule has 9 heteroatoms. The van der Waals surface area contributed by atoms with E-state index in [9.17, 15) is 14.4 Å². The Morgan fingerprint density at radius 1 is 1.03 bits per heavy atom. The molecule has 0 saturated heterocycles. The summed E-state index contributed by atoms with van der Waals surface area (Å²) in [6.45, 7) is 0.267. The molecule has 0 aliphatic heterocycles. The molecule has 0 atom stereocenters. The maximum absolute atomic E-state index is 12.6. The fourth-order valence-corrected chi connectivity index (χ4v) is 2.89. The summed E-state index contributed by atoms with van der Waals surface area (Å²) in [5.41, 5.74) is -0.363. The van der Waals surface area contributed by atoms with Crippen LogP contribution in [-0.4, -0.2) is 41.0 Å². The Kier molecular flexibility index (Phi) is 6.31. The van der Waals surface area contributed by atoms with Crippen LogP contribution in [0.15, 0.2) is 58.1 Å². The molecule has 0 saturated carbocycles. The smallest absolute Gasteiger partial charge is 0.351 e. The van der Waals surface area contributed by atoms with E-state index < -0.39 is 17.2 Å². The normalized spacial score (nSPS) is 10.5. The van der Waals surface area contributed by atoms with Crippen LogP contribution >= 0.6 is 0 Å². The maximum atomic E-state index is 12.6. The van der Waals surface area contributed by atoms with Crippen LogP contribution in [0.1, 0.15) is 16.1 Å². The molecule has 9 nitrogen and oxygen atoms in total. The van der Waals surface area contributed by atoms with Gasteiger partial charge < -0.3 is 14.8 Å². The number of rotatable bonds is 7. The van der Waals surface area contributed by atoms with Crippen LogP contribution < -0.4 is 26.0 Å². The number of ether oxygens (including phenoxy) is 2. The predicted octanol–water partition coefficient (Wildman–Crippen LogP) is 0.921. The van der Waals surface area contributed by atoms with Gasteiger partial charge in [-0.3, -0.25) is 14.2 Å². The van der Waals surface area contributed by atoms with E-state index in [0.717, 1.165) is 14.8 Å². The molecule has 1 amide bonds. The molecule has 0 unspecified atom stereocenters. The first-order chi connectivity index (χ1) is 14.5. The lowest BCUT2D eigenvalue weighted by Crippen LogP contribution is -2.44. The minimum atomic E-state index is -0.754. The Hall–Kier alpha value is -3.88. The van der Waals surface area contributed by atoms with E-state index in [2.05, 4.69) is 10.4 Å². The van der Waals surface area contributed by atoms with Gasteiger partial charge in [-0.1, -0.05) is 24.3 Å². The standard InChI is InChI=1S/C21H22N4O5/c1-24-20(27)18(23-25(21(24)28)15-7-5-4-6-8-15)19(26)22-12-11-14-9-10-16(29-2)17(13-14)30-3/h4-10,13H,11-12H2,1-3H3,(H,22,26). The second kappa shape index (κ2) is 9.08. The van der Waals surface area contributed by atoms with Gasteiger partial charge in [0.25, 0.3) is 11.5 Å². The number of nitrogens with zero attached hydrogens (tertiary/aromatic N) is 3. The topological polar surface area (TPSA) is 104 Å². The Labute approximate surface area is 172 Å². The van der Waals surface area contributed by atoms with Crippen molar-refractivity contribution < 1.29 is 14.3 Å². The number of amides is 1. The van der Waals surface area contributed by atoms with Crippen molar-refractivity contribution in [1.29, 1.82) is 0 Å². The summed E-state index contributed by atoms with van der Waals surface area (Å²) in [4.78, 5) is 37.4. The number of carbonyl (C=O) groups is 1. The zero-order valence-corrected chi connectivity index (χ0v) is 16.9. The fraction of sp³-hybridized carbons (Fsp3) is 0.238. The third-order valence-corrected chi connectivity index (χ3v) is 4.54. The summed E-state index contributed by atoms with van der Waals surface area (Å²) in [6, 6.07) is 14.0. The molecule has 1 N–H and O–H groups in total. The SMILES string of the molecule is COc1ccc(CCNC(=O)c2nn(-c3ccccc3)c(=O)n(C)c2=O)cc1OC. The molecule has 0 fully saturated rings. The van der Waals surface area contributed by atoms with Crippen LogP contribution in [0.25, 0.3) is 5.69 Å². The number of para-hydroxylation sites is 1. The minimum absolute atomic E-state index is 0.267. The van der Waals surface area contributed by atoms with E-state index in [1.165, 1.54) is 7.05 Å². The van der Waals surface area contributed by atoms with E-state index in [1.807, 2.05) is 12.1 Å². The molecular formula is C21H22N4O5. The molecule has 2 aromatic carbocycles. The molecule has 0 aliphatic rings. The molecule has 0 radical (unpaired) electrons. The molecule has 3 rings (SSSR count). The van der Waals surface area contributed by atoms with Crippen molar-refractivity contribution in [3.63, 3.8) is 0 Å². The summed E-state index contributed by atoms with van der Waals surface area (Å²) in [6.07, 6.45) is 0.505. The van der Waals surface area contributed by atoms with Gasteiger partial charge in [-0.05, 0) is 36.2 Å². The monoisotopic (exact) mass is 410 g/mol. The first kappa shape index (κ1) is 20.8. The van der Waals surface area contributed by atoms with E-state index in [-0.39, 0.29) is 12.2 Å². The Morgan fingerprint density at radius 3 is 2.40 bits per heavy atom. The molecule has 1 aromatic heterocycles. The van der Waals surface area contributed by atoms with Gasteiger partial charge >= 0.3 is 5.69 Å². The van der Waals surface area contributed by atoms with Gasteiger partial charge in [0.15, 0.2) is 11.5 Å². The highest BCUT2D eigenvalue weighted by Gasteiger charge is 2.18. The molecule has 3 aromatic rings. The van der Waals surface area contributed by atoms with Crippen molar-refractivity contribution in [3.8, 4) is 17.2 Å². The van der Waals surface area contributed by atoms with Crippen molar-refractivity contribution in [2.75, 3.05) is 20.8 Å². The highest BCUT2D eigenvalue weighted by Crippen LogP contribution is 2.27. The van der Waals surface area contributed by atoms with Crippen LogP contribution in [0.5, 0.6) is 11.5 Å². The average molecular weight is 410 g/mol. The second-order valence-electron chi connectivity index (χ2n) is 6.44. The van der Waals surface area contributed by atoms with Gasteiger partial charge in [0.2, 0.25) is 5.69 Å². The highest BCUT2D eigenvalue weighted by molar-refractivity contribution is 5.91. The van der Waals surface area contributed by atoms with Crippen LogP contribution in [0.3, 0.4) is 0 Å². The van der Waals surface area contributed by atoms with Crippen LogP contribution in [-0.2, 0) is 13.5 Å². The molecule has 0 aliphatic carbocycles. The van der Waals surface area contributed by atoms with Gasteiger partial charge in [-0.15, -0.1) is 0 Å². The Balaban J connectivity index is 1.78. The van der Waals surface area contributed by atoms with Gasteiger partial charge in [-0.2, -0.15) is 9.78 Å². The largest absolute Gasteiger partial charge is 0.493 e. The first-order valence-corrected chi connectivity index (χ1v) is 9.21. The Bertz CT molecular complexity index is 1170. The van der Waals surface area contributed by atoms with Gasteiger partial charge in [-0.25, -0.2) is 4.79 Å². The first-order valence-electron chi connectivity index (χ1n) is 9.21. The number of hydrogen-bond acceptors (Lipinski definition) is 6. The quantitative estimate of drug-likeness (QED) is 0.621. The number of nitrogens with one attached hydrogen (secondary N) is 1. The van der Waals surface area contributed by atoms with E-state index in [4.69, 9.17) is 9.47 Å². The number of carbonyl (C=O) groups excluding carboxylic acids is 1. The molecular weight excluding hydrogens is 388 g/mol. The molecule has 0 bridgehead atoms.